The van der Waals surface area contributed by atoms with Crippen molar-refractivity contribution in [2.75, 3.05) is 0 Å². The molecule has 0 aliphatic rings. The summed E-state index contributed by atoms with van der Waals surface area (Å²) >= 11 is 6.34. The molecular weight excluding hydrogens is 514 g/mol. The maximum atomic E-state index is 13.1. The number of ether oxygens (including phenoxy) is 1. The number of carbonyl (C=O) groups excluding carboxylic acids is 2. The second-order valence-electron chi connectivity index (χ2n) is 10.2. The molecule has 7 nitrogen and oxygen atoms in total. The third-order valence-electron chi connectivity index (χ3n) is 6.63. The minimum absolute atomic E-state index is 0.0250. The van der Waals surface area contributed by atoms with Crippen LogP contribution in [0.25, 0.3) is 16.9 Å². The van der Waals surface area contributed by atoms with Gasteiger partial charge in [0.05, 0.1) is 22.9 Å². The van der Waals surface area contributed by atoms with E-state index in [9.17, 15) is 14.7 Å². The molecule has 4 aromatic rings. The van der Waals surface area contributed by atoms with Crippen LogP contribution >= 0.6 is 11.6 Å². The number of imidazole rings is 1. The first-order chi connectivity index (χ1) is 18.6. The van der Waals surface area contributed by atoms with Crippen molar-refractivity contribution in [2.45, 2.75) is 58.7 Å². The number of benzene rings is 2. The lowest BCUT2D eigenvalue weighted by Gasteiger charge is -2.17. The number of fused-ring (bicyclic) bond motifs is 1. The Morgan fingerprint density at radius 2 is 1.85 bits per heavy atom. The van der Waals surface area contributed by atoms with Crippen LogP contribution in [0.5, 0.6) is 5.75 Å². The summed E-state index contributed by atoms with van der Waals surface area (Å²) < 4.78 is 7.58. The predicted molar refractivity (Wildman–Crippen MR) is 153 cm³/mol. The fourth-order valence-corrected chi connectivity index (χ4v) is 4.90. The number of halogens is 1. The molecule has 1 unspecified atom stereocenters. The number of amides is 1. The minimum Gasteiger partial charge on any atom is -0.489 e. The summed E-state index contributed by atoms with van der Waals surface area (Å²) in [6, 6.07) is 16.9. The first kappa shape index (κ1) is 28.3. The van der Waals surface area contributed by atoms with Crippen LogP contribution in [0, 0.1) is 5.92 Å². The summed E-state index contributed by atoms with van der Waals surface area (Å²) in [5.74, 6) is 0.0495. The van der Waals surface area contributed by atoms with Crippen LogP contribution in [-0.4, -0.2) is 32.3 Å². The van der Waals surface area contributed by atoms with Gasteiger partial charge in [0.15, 0.2) is 5.78 Å². The van der Waals surface area contributed by atoms with Crippen LogP contribution in [-0.2, 0) is 11.2 Å². The zero-order chi connectivity index (χ0) is 28.1. The van der Waals surface area contributed by atoms with Crippen molar-refractivity contribution in [1.29, 1.82) is 0 Å². The number of rotatable bonds is 12. The van der Waals surface area contributed by atoms with E-state index in [0.717, 1.165) is 28.0 Å². The largest absolute Gasteiger partial charge is 0.489 e. The number of nitrogens with zero attached hydrogens (tertiary/aromatic N) is 2. The third kappa shape index (κ3) is 7.25. The molecule has 0 fully saturated rings. The van der Waals surface area contributed by atoms with Crippen molar-refractivity contribution >= 4 is 28.9 Å². The fraction of sp³-hybridized carbons (Fsp3) is 0.323. The van der Waals surface area contributed by atoms with Gasteiger partial charge in [0.2, 0.25) is 5.91 Å². The normalized spacial score (nSPS) is 13.0. The van der Waals surface area contributed by atoms with E-state index < -0.39 is 6.10 Å². The van der Waals surface area contributed by atoms with Crippen LogP contribution in [0.1, 0.15) is 67.6 Å². The van der Waals surface area contributed by atoms with Gasteiger partial charge in [-0.1, -0.05) is 41.9 Å². The molecule has 2 atom stereocenters. The highest BCUT2D eigenvalue weighted by molar-refractivity contribution is 6.32. The monoisotopic (exact) mass is 547 g/mol. The van der Waals surface area contributed by atoms with Gasteiger partial charge in [-0.05, 0) is 69.4 Å². The quantitative estimate of drug-likeness (QED) is 0.206. The van der Waals surface area contributed by atoms with Gasteiger partial charge in [-0.25, -0.2) is 4.98 Å². The standard InChI is InChI=1S/C31H34ClN3O4/c1-19(2)39-29-12-11-24(17-26(29)32)28(37)16-22(8-13-30(33)38)15-21-6-9-23(10-7-21)27-18-35-14-4-5-25(20(3)36)31(35)34-27/h4-7,9-12,14,17-20,22,36H,8,13,15-16H2,1-3H3,(H2,33,38)/t20?,22-/m1/s1. The lowest BCUT2D eigenvalue weighted by atomic mass is 9.88. The molecule has 2 aromatic carbocycles. The SMILES string of the molecule is CC(C)Oc1ccc(C(=O)C[C@H](CCC(N)=O)Cc2ccc(-c3cn4cccc(C(C)O)c4n3)cc2)cc1Cl. The van der Waals surface area contributed by atoms with Gasteiger partial charge in [0.1, 0.15) is 11.4 Å². The van der Waals surface area contributed by atoms with Crippen molar-refractivity contribution in [3.8, 4) is 17.0 Å². The van der Waals surface area contributed by atoms with Crippen LogP contribution in [0.15, 0.2) is 67.0 Å². The van der Waals surface area contributed by atoms with Crippen molar-refractivity contribution in [3.63, 3.8) is 0 Å². The van der Waals surface area contributed by atoms with Crippen LogP contribution in [0.3, 0.4) is 0 Å². The van der Waals surface area contributed by atoms with Crippen LogP contribution in [0.2, 0.25) is 5.02 Å². The lowest BCUT2D eigenvalue weighted by molar-refractivity contribution is -0.118. The van der Waals surface area contributed by atoms with Gasteiger partial charge in [-0.15, -0.1) is 0 Å². The molecule has 0 spiro atoms. The van der Waals surface area contributed by atoms with Crippen molar-refractivity contribution in [2.24, 2.45) is 11.7 Å². The average Bonchev–Trinajstić information content (AvgIpc) is 3.33. The predicted octanol–water partition coefficient (Wildman–Crippen LogP) is 6.19. The van der Waals surface area contributed by atoms with Crippen LogP contribution in [0.4, 0.5) is 0 Å². The molecule has 1 amide bonds. The summed E-state index contributed by atoms with van der Waals surface area (Å²) in [7, 11) is 0. The van der Waals surface area contributed by atoms with Crippen molar-refractivity contribution in [3.05, 3.63) is 88.7 Å². The number of carbonyl (C=O) groups is 2. The molecule has 0 aliphatic carbocycles. The smallest absolute Gasteiger partial charge is 0.217 e. The first-order valence-electron chi connectivity index (χ1n) is 13.1. The number of aromatic nitrogens is 2. The summed E-state index contributed by atoms with van der Waals surface area (Å²) in [5, 5.41) is 10.5. The number of ketones is 1. The van der Waals surface area contributed by atoms with E-state index in [0.29, 0.717) is 29.2 Å². The molecule has 8 heteroatoms. The van der Waals surface area contributed by atoms with Crippen molar-refractivity contribution in [1.82, 2.24) is 9.38 Å². The summed E-state index contributed by atoms with van der Waals surface area (Å²) in [6.45, 7) is 5.55. The molecule has 0 saturated heterocycles. The molecular formula is C31H34ClN3O4. The summed E-state index contributed by atoms with van der Waals surface area (Å²) in [4.78, 5) is 29.4. The van der Waals surface area contributed by atoms with E-state index in [2.05, 4.69) is 0 Å². The zero-order valence-electron chi connectivity index (χ0n) is 22.4. The van der Waals surface area contributed by atoms with E-state index in [1.165, 1.54) is 0 Å². The number of aliphatic hydroxyl groups is 1. The Hall–Kier alpha value is -3.68. The molecule has 4 rings (SSSR count). The van der Waals surface area contributed by atoms with Crippen LogP contribution < -0.4 is 10.5 Å². The maximum absolute atomic E-state index is 13.1. The highest BCUT2D eigenvalue weighted by atomic mass is 35.5. The van der Waals surface area contributed by atoms with Gasteiger partial charge in [-0.3, -0.25) is 9.59 Å². The Morgan fingerprint density at radius 3 is 2.49 bits per heavy atom. The zero-order valence-corrected chi connectivity index (χ0v) is 23.2. The van der Waals surface area contributed by atoms with E-state index in [-0.39, 0.29) is 36.6 Å². The molecule has 204 valence electrons. The van der Waals surface area contributed by atoms with E-state index in [1.807, 2.05) is 67.0 Å². The molecule has 39 heavy (non-hydrogen) atoms. The summed E-state index contributed by atoms with van der Waals surface area (Å²) in [5.41, 5.74) is 10.2. The number of hydrogen-bond acceptors (Lipinski definition) is 5. The first-order valence-corrected chi connectivity index (χ1v) is 13.5. The molecule has 2 aromatic heterocycles. The Balaban J connectivity index is 1.49. The molecule has 0 bridgehead atoms. The Labute approximate surface area is 233 Å². The van der Waals surface area contributed by atoms with Gasteiger partial charge >= 0.3 is 0 Å². The maximum Gasteiger partial charge on any atom is 0.217 e. The molecule has 0 saturated carbocycles. The van der Waals surface area contributed by atoms with Gasteiger partial charge < -0.3 is 20.0 Å². The van der Waals surface area contributed by atoms with Crippen molar-refractivity contribution < 1.29 is 19.4 Å². The average molecular weight is 548 g/mol. The molecule has 2 heterocycles. The Kier molecular flexibility index (Phi) is 9.04. The minimum atomic E-state index is -0.617. The second-order valence-corrected chi connectivity index (χ2v) is 10.6. The highest BCUT2D eigenvalue weighted by Crippen LogP contribution is 2.29. The van der Waals surface area contributed by atoms with Gasteiger partial charge in [0.25, 0.3) is 0 Å². The van der Waals surface area contributed by atoms with E-state index in [4.69, 9.17) is 27.1 Å². The topological polar surface area (TPSA) is 107 Å². The van der Waals surface area contributed by atoms with Gasteiger partial charge in [0, 0.05) is 41.9 Å². The molecule has 0 aliphatic heterocycles. The van der Waals surface area contributed by atoms with E-state index in [1.54, 1.807) is 25.1 Å². The molecule has 0 radical (unpaired) electrons. The second kappa shape index (κ2) is 12.5. The third-order valence-corrected chi connectivity index (χ3v) is 6.92. The number of hydrogen-bond donors (Lipinski definition) is 2. The number of primary amides is 1. The number of nitrogens with two attached hydrogens (primary N) is 1. The summed E-state index contributed by atoms with van der Waals surface area (Å²) in [6.07, 6.45) is 4.82. The Bertz CT molecular complexity index is 1460. The fourth-order valence-electron chi connectivity index (χ4n) is 4.67. The Morgan fingerprint density at radius 1 is 1.10 bits per heavy atom. The number of aliphatic hydroxyl groups excluding tert-OH is 1. The van der Waals surface area contributed by atoms with Gasteiger partial charge in [-0.2, -0.15) is 0 Å². The number of Topliss-reactive ketones (excluding diaryl/α,β-unsaturated/α-hetero) is 1. The molecule has 3 N–H and O–H groups in total. The highest BCUT2D eigenvalue weighted by Gasteiger charge is 2.19. The number of pyridine rings is 1. The lowest BCUT2D eigenvalue weighted by Crippen LogP contribution is -2.17. The van der Waals surface area contributed by atoms with E-state index >= 15 is 0 Å².